The summed E-state index contributed by atoms with van der Waals surface area (Å²) in [4.78, 5) is 19.8. The van der Waals surface area contributed by atoms with Crippen LogP contribution in [-0.4, -0.2) is 59.3 Å². The first kappa shape index (κ1) is 21.6. The van der Waals surface area contributed by atoms with E-state index in [9.17, 15) is 0 Å². The summed E-state index contributed by atoms with van der Waals surface area (Å²) in [5.74, 6) is 2.36. The molecule has 3 rings (SSSR count). The Balaban J connectivity index is 1.71. The minimum atomic E-state index is 0.663. The van der Waals surface area contributed by atoms with Crippen molar-refractivity contribution in [2.45, 2.75) is 65.2 Å². The summed E-state index contributed by atoms with van der Waals surface area (Å²) in [5.41, 5.74) is 1.62. The van der Waals surface area contributed by atoms with Gasteiger partial charge in [-0.3, -0.25) is 0 Å². The summed E-state index contributed by atoms with van der Waals surface area (Å²) >= 11 is 0. The summed E-state index contributed by atoms with van der Waals surface area (Å²) in [6.45, 7) is 9.38. The standard InChI is InChI=1S/C21H37N7O/c1-3-5-7-9-11-22-20-24-17-18(25-20)26-21(23-12-10-8-6-4-2)27-19(17)28-13-15-29-16-14-28/h3-16H2,1-2H3,(H3,22,23,24,25,26,27). The molecule has 162 valence electrons. The fourth-order valence-corrected chi connectivity index (χ4v) is 3.56. The number of anilines is 3. The third-order valence-corrected chi connectivity index (χ3v) is 5.28. The lowest BCUT2D eigenvalue weighted by molar-refractivity contribution is 0.122. The molecule has 8 heteroatoms. The van der Waals surface area contributed by atoms with Crippen LogP contribution in [0, 0.1) is 0 Å². The van der Waals surface area contributed by atoms with Crippen molar-refractivity contribution in [3.63, 3.8) is 0 Å². The van der Waals surface area contributed by atoms with Gasteiger partial charge in [0.2, 0.25) is 11.9 Å². The van der Waals surface area contributed by atoms with Crippen molar-refractivity contribution in [3.05, 3.63) is 0 Å². The Morgan fingerprint density at radius 3 is 2.24 bits per heavy atom. The molecule has 0 spiro atoms. The van der Waals surface area contributed by atoms with Crippen LogP contribution in [0.3, 0.4) is 0 Å². The van der Waals surface area contributed by atoms with Gasteiger partial charge < -0.3 is 25.3 Å². The number of aromatic nitrogens is 4. The maximum atomic E-state index is 5.52. The quantitative estimate of drug-likeness (QED) is 0.432. The molecule has 2 aromatic heterocycles. The topological polar surface area (TPSA) is 91.0 Å². The average molecular weight is 404 g/mol. The van der Waals surface area contributed by atoms with Crippen molar-refractivity contribution in [2.24, 2.45) is 0 Å². The fraction of sp³-hybridized carbons (Fsp3) is 0.762. The predicted molar refractivity (Wildman–Crippen MR) is 120 cm³/mol. The number of hydrogen-bond acceptors (Lipinski definition) is 7. The number of H-pyrrole nitrogens is 1. The Morgan fingerprint density at radius 1 is 0.862 bits per heavy atom. The highest BCUT2D eigenvalue weighted by Crippen LogP contribution is 2.26. The van der Waals surface area contributed by atoms with Gasteiger partial charge in [-0.2, -0.15) is 15.0 Å². The van der Waals surface area contributed by atoms with Crippen LogP contribution in [0.4, 0.5) is 17.7 Å². The molecule has 0 radical (unpaired) electrons. The normalized spacial score (nSPS) is 14.5. The largest absolute Gasteiger partial charge is 0.378 e. The molecule has 1 saturated heterocycles. The van der Waals surface area contributed by atoms with E-state index in [1.165, 1.54) is 38.5 Å². The van der Waals surface area contributed by atoms with Gasteiger partial charge in [-0.15, -0.1) is 0 Å². The third-order valence-electron chi connectivity index (χ3n) is 5.28. The van der Waals surface area contributed by atoms with E-state index in [0.717, 1.165) is 69.5 Å². The molecule has 29 heavy (non-hydrogen) atoms. The van der Waals surface area contributed by atoms with Gasteiger partial charge >= 0.3 is 0 Å². The molecule has 0 saturated carbocycles. The number of aromatic amines is 1. The number of nitrogens with one attached hydrogen (secondary N) is 3. The molecule has 3 N–H and O–H groups in total. The van der Waals surface area contributed by atoms with Crippen molar-refractivity contribution in [2.75, 3.05) is 54.9 Å². The van der Waals surface area contributed by atoms with E-state index in [-0.39, 0.29) is 0 Å². The Labute approximate surface area is 174 Å². The number of unbranched alkanes of at least 4 members (excludes halogenated alkanes) is 6. The first-order chi connectivity index (χ1) is 14.3. The maximum Gasteiger partial charge on any atom is 0.226 e. The van der Waals surface area contributed by atoms with E-state index in [4.69, 9.17) is 9.72 Å². The van der Waals surface area contributed by atoms with E-state index in [1.807, 2.05) is 0 Å². The zero-order valence-corrected chi connectivity index (χ0v) is 18.1. The first-order valence-electron chi connectivity index (χ1n) is 11.4. The Hall–Kier alpha value is -2.09. The molecule has 2 aromatic rings. The van der Waals surface area contributed by atoms with Crippen molar-refractivity contribution >= 4 is 28.9 Å². The van der Waals surface area contributed by atoms with Gasteiger partial charge in [0.1, 0.15) is 5.52 Å². The zero-order valence-electron chi connectivity index (χ0n) is 18.1. The van der Waals surface area contributed by atoms with Crippen LogP contribution < -0.4 is 15.5 Å². The minimum absolute atomic E-state index is 0.663. The van der Waals surface area contributed by atoms with E-state index in [2.05, 4.69) is 44.3 Å². The smallest absolute Gasteiger partial charge is 0.226 e. The first-order valence-corrected chi connectivity index (χ1v) is 11.4. The molecular weight excluding hydrogens is 366 g/mol. The highest BCUT2D eigenvalue weighted by atomic mass is 16.5. The number of imidazole rings is 1. The van der Waals surface area contributed by atoms with Crippen LogP contribution in [0.25, 0.3) is 11.2 Å². The van der Waals surface area contributed by atoms with Gasteiger partial charge in [0.05, 0.1) is 13.2 Å². The number of rotatable bonds is 13. The summed E-state index contributed by atoms with van der Waals surface area (Å²) in [7, 11) is 0. The fourth-order valence-electron chi connectivity index (χ4n) is 3.56. The summed E-state index contributed by atoms with van der Waals surface area (Å²) in [6.07, 6.45) is 9.80. The second-order valence-electron chi connectivity index (χ2n) is 7.73. The molecule has 1 aliphatic heterocycles. The van der Waals surface area contributed by atoms with Crippen LogP contribution in [0.5, 0.6) is 0 Å². The van der Waals surface area contributed by atoms with Gasteiger partial charge in [0.15, 0.2) is 11.5 Å². The van der Waals surface area contributed by atoms with E-state index in [1.54, 1.807) is 0 Å². The predicted octanol–water partition coefficient (Wildman–Crippen LogP) is 4.17. The lowest BCUT2D eigenvalue weighted by atomic mass is 10.2. The highest BCUT2D eigenvalue weighted by molar-refractivity contribution is 5.86. The third kappa shape index (κ3) is 6.45. The second kappa shape index (κ2) is 11.8. The molecule has 1 fully saturated rings. The second-order valence-corrected chi connectivity index (χ2v) is 7.73. The molecular formula is C21H37N7O. The summed E-state index contributed by atoms with van der Waals surface area (Å²) in [6, 6.07) is 0. The van der Waals surface area contributed by atoms with Crippen LogP contribution in [0.2, 0.25) is 0 Å². The number of fused-ring (bicyclic) bond motifs is 1. The molecule has 0 amide bonds. The molecule has 3 heterocycles. The van der Waals surface area contributed by atoms with Crippen molar-refractivity contribution in [3.8, 4) is 0 Å². The summed E-state index contributed by atoms with van der Waals surface area (Å²) < 4.78 is 5.52. The molecule has 0 bridgehead atoms. The Bertz CT molecular complexity index is 727. The number of nitrogens with zero attached hydrogens (tertiary/aromatic N) is 4. The van der Waals surface area contributed by atoms with Crippen LogP contribution >= 0.6 is 0 Å². The molecule has 8 nitrogen and oxygen atoms in total. The minimum Gasteiger partial charge on any atom is -0.378 e. The number of ether oxygens (including phenoxy) is 1. The van der Waals surface area contributed by atoms with Crippen LogP contribution in [0.15, 0.2) is 0 Å². The lowest BCUT2D eigenvalue weighted by Gasteiger charge is -2.28. The average Bonchev–Trinajstić information content (AvgIpc) is 3.16. The van der Waals surface area contributed by atoms with Gasteiger partial charge in [0.25, 0.3) is 0 Å². The lowest BCUT2D eigenvalue weighted by Crippen LogP contribution is -2.37. The molecule has 0 aromatic carbocycles. The molecule has 0 aliphatic carbocycles. The van der Waals surface area contributed by atoms with Gasteiger partial charge in [0, 0.05) is 26.2 Å². The van der Waals surface area contributed by atoms with Crippen molar-refractivity contribution < 1.29 is 4.74 Å². The number of morpholine rings is 1. The SMILES string of the molecule is CCCCCCNc1nc(N2CCOCC2)c2[nH]c(NCCCCCC)nc2n1. The maximum absolute atomic E-state index is 5.52. The highest BCUT2D eigenvalue weighted by Gasteiger charge is 2.20. The molecule has 1 aliphatic rings. The van der Waals surface area contributed by atoms with E-state index < -0.39 is 0 Å². The van der Waals surface area contributed by atoms with Crippen molar-refractivity contribution in [1.82, 2.24) is 19.9 Å². The summed E-state index contributed by atoms with van der Waals surface area (Å²) in [5, 5.41) is 6.81. The van der Waals surface area contributed by atoms with Gasteiger partial charge in [-0.1, -0.05) is 52.4 Å². The van der Waals surface area contributed by atoms with Crippen molar-refractivity contribution in [1.29, 1.82) is 0 Å². The zero-order chi connectivity index (χ0) is 20.3. The molecule has 0 unspecified atom stereocenters. The molecule has 0 atom stereocenters. The van der Waals surface area contributed by atoms with E-state index in [0.29, 0.717) is 11.6 Å². The van der Waals surface area contributed by atoms with Gasteiger partial charge in [-0.25, -0.2) is 0 Å². The van der Waals surface area contributed by atoms with Gasteiger partial charge in [-0.05, 0) is 12.8 Å². The monoisotopic (exact) mass is 403 g/mol. The Morgan fingerprint density at radius 2 is 1.55 bits per heavy atom. The van der Waals surface area contributed by atoms with E-state index >= 15 is 0 Å². The Kier molecular flexibility index (Phi) is 8.80. The van der Waals surface area contributed by atoms with Crippen LogP contribution in [0.1, 0.15) is 65.2 Å². The number of hydrogen-bond donors (Lipinski definition) is 3. The van der Waals surface area contributed by atoms with Crippen LogP contribution in [-0.2, 0) is 4.74 Å².